The first-order chi connectivity index (χ1) is 9.16. The molecule has 19 heavy (non-hydrogen) atoms. The third-order valence-electron chi connectivity index (χ3n) is 4.53. The van der Waals surface area contributed by atoms with Crippen LogP contribution in [0.2, 0.25) is 0 Å². The molecule has 3 rings (SSSR count). The molecule has 1 unspecified atom stereocenters. The van der Waals surface area contributed by atoms with Gasteiger partial charge in [0.05, 0.1) is 0 Å². The summed E-state index contributed by atoms with van der Waals surface area (Å²) >= 11 is 0. The number of hydrogen-bond donors (Lipinski definition) is 1. The normalized spacial score (nSPS) is 20.6. The second-order valence-corrected chi connectivity index (χ2v) is 5.93. The van der Waals surface area contributed by atoms with Gasteiger partial charge in [0.2, 0.25) is 5.91 Å². The Morgan fingerprint density at radius 2 is 2.21 bits per heavy atom. The number of nitrogens with zero attached hydrogens (tertiary/aromatic N) is 1. The van der Waals surface area contributed by atoms with Crippen LogP contribution < -0.4 is 10.2 Å². The maximum absolute atomic E-state index is 12.7. The minimum absolute atomic E-state index is 0.133. The second kappa shape index (κ2) is 4.97. The summed E-state index contributed by atoms with van der Waals surface area (Å²) in [6, 6.07) is 6.46. The van der Waals surface area contributed by atoms with E-state index < -0.39 is 0 Å². The van der Waals surface area contributed by atoms with Crippen LogP contribution in [-0.4, -0.2) is 25.5 Å². The Kier molecular flexibility index (Phi) is 3.31. The number of benzene rings is 1. The Hall–Kier alpha value is -1.35. The third-order valence-corrected chi connectivity index (χ3v) is 4.53. The van der Waals surface area contributed by atoms with E-state index in [0.717, 1.165) is 38.2 Å². The number of rotatable bonds is 2. The lowest BCUT2D eigenvalue weighted by molar-refractivity contribution is -0.124. The van der Waals surface area contributed by atoms with Gasteiger partial charge in [-0.3, -0.25) is 4.79 Å². The van der Waals surface area contributed by atoms with E-state index in [-0.39, 0.29) is 5.92 Å². The average Bonchev–Trinajstić information content (AvgIpc) is 2.34. The van der Waals surface area contributed by atoms with Crippen molar-refractivity contribution >= 4 is 11.6 Å². The first kappa shape index (κ1) is 12.7. The molecule has 2 aliphatic heterocycles. The largest absolute Gasteiger partial charge is 0.316 e. The number of amides is 1. The predicted octanol–water partition coefficient (Wildman–Crippen LogP) is 2.13. The zero-order valence-corrected chi connectivity index (χ0v) is 11.8. The van der Waals surface area contributed by atoms with Crippen LogP contribution in [-0.2, 0) is 11.2 Å². The van der Waals surface area contributed by atoms with E-state index in [1.54, 1.807) is 0 Å². The molecule has 2 heterocycles. The highest BCUT2D eigenvalue weighted by Crippen LogP contribution is 2.30. The lowest BCUT2D eigenvalue weighted by Crippen LogP contribution is -2.51. The van der Waals surface area contributed by atoms with Crippen molar-refractivity contribution in [1.29, 1.82) is 0 Å². The number of carbonyl (C=O) groups excluding carboxylic acids is 1. The second-order valence-electron chi connectivity index (χ2n) is 5.93. The fourth-order valence-electron chi connectivity index (χ4n) is 3.07. The highest BCUT2D eigenvalue weighted by Gasteiger charge is 2.33. The van der Waals surface area contributed by atoms with Crippen molar-refractivity contribution in [3.8, 4) is 0 Å². The molecule has 1 aromatic rings. The van der Waals surface area contributed by atoms with Gasteiger partial charge in [0.15, 0.2) is 0 Å². The zero-order valence-electron chi connectivity index (χ0n) is 11.8. The van der Waals surface area contributed by atoms with Crippen LogP contribution in [0.1, 0.15) is 24.5 Å². The lowest BCUT2D eigenvalue weighted by Gasteiger charge is -2.37. The van der Waals surface area contributed by atoms with E-state index in [4.69, 9.17) is 0 Å². The molecule has 3 nitrogen and oxygen atoms in total. The number of hydrogen-bond acceptors (Lipinski definition) is 2. The summed E-state index contributed by atoms with van der Waals surface area (Å²) in [5.74, 6) is 0.952. The van der Waals surface area contributed by atoms with Crippen molar-refractivity contribution in [3.05, 3.63) is 29.3 Å². The minimum Gasteiger partial charge on any atom is -0.316 e. The minimum atomic E-state index is 0.133. The maximum atomic E-state index is 12.7. The van der Waals surface area contributed by atoms with Gasteiger partial charge < -0.3 is 10.2 Å². The van der Waals surface area contributed by atoms with Gasteiger partial charge in [-0.2, -0.15) is 0 Å². The number of fused-ring (bicyclic) bond motifs is 1. The fraction of sp³-hybridized carbons (Fsp3) is 0.562. The topological polar surface area (TPSA) is 32.3 Å². The summed E-state index contributed by atoms with van der Waals surface area (Å²) in [4.78, 5) is 14.7. The molecule has 2 aliphatic rings. The van der Waals surface area contributed by atoms with Gasteiger partial charge in [-0.15, -0.1) is 0 Å². The molecule has 0 radical (unpaired) electrons. The van der Waals surface area contributed by atoms with Gasteiger partial charge in [-0.05, 0) is 50.4 Å². The summed E-state index contributed by atoms with van der Waals surface area (Å²) < 4.78 is 0. The maximum Gasteiger partial charge on any atom is 0.230 e. The van der Waals surface area contributed by atoms with Gasteiger partial charge in [0.25, 0.3) is 0 Å². The van der Waals surface area contributed by atoms with Crippen LogP contribution in [0.3, 0.4) is 0 Å². The van der Waals surface area contributed by atoms with Crippen molar-refractivity contribution in [2.45, 2.75) is 26.7 Å². The van der Waals surface area contributed by atoms with Crippen molar-refractivity contribution in [1.82, 2.24) is 5.32 Å². The quantitative estimate of drug-likeness (QED) is 0.881. The SMILES string of the molecule is Cc1ccc2c(c1)CCCN2C(=O)C(C)C1CNC1. The first-order valence-electron chi connectivity index (χ1n) is 7.28. The molecule has 102 valence electrons. The molecular weight excluding hydrogens is 236 g/mol. The zero-order chi connectivity index (χ0) is 13.4. The summed E-state index contributed by atoms with van der Waals surface area (Å²) in [6.07, 6.45) is 2.18. The Labute approximate surface area is 115 Å². The van der Waals surface area contributed by atoms with Crippen LogP contribution in [0.5, 0.6) is 0 Å². The molecule has 1 fully saturated rings. The summed E-state index contributed by atoms with van der Waals surface area (Å²) in [5, 5.41) is 3.26. The Morgan fingerprint density at radius 1 is 1.42 bits per heavy atom. The van der Waals surface area contributed by atoms with Crippen molar-refractivity contribution < 1.29 is 4.79 Å². The highest BCUT2D eigenvalue weighted by molar-refractivity contribution is 5.96. The van der Waals surface area contributed by atoms with Crippen LogP contribution >= 0.6 is 0 Å². The van der Waals surface area contributed by atoms with Crippen LogP contribution in [0.15, 0.2) is 18.2 Å². The predicted molar refractivity (Wildman–Crippen MR) is 77.4 cm³/mol. The van der Waals surface area contributed by atoms with E-state index in [9.17, 15) is 4.79 Å². The molecule has 1 N–H and O–H groups in total. The van der Waals surface area contributed by atoms with Crippen molar-refractivity contribution in [2.75, 3.05) is 24.5 Å². The molecule has 0 aliphatic carbocycles. The molecule has 0 saturated carbocycles. The van der Waals surface area contributed by atoms with E-state index in [1.165, 1.54) is 11.1 Å². The molecule has 1 aromatic carbocycles. The van der Waals surface area contributed by atoms with Crippen LogP contribution in [0.4, 0.5) is 5.69 Å². The smallest absolute Gasteiger partial charge is 0.230 e. The van der Waals surface area contributed by atoms with Gasteiger partial charge in [0, 0.05) is 18.2 Å². The number of aryl methyl sites for hydroxylation is 2. The van der Waals surface area contributed by atoms with E-state index in [2.05, 4.69) is 37.4 Å². The van der Waals surface area contributed by atoms with Gasteiger partial charge in [-0.1, -0.05) is 24.6 Å². The molecule has 1 atom stereocenters. The standard InChI is InChI=1S/C16H22N2O/c1-11-5-6-15-13(8-11)4-3-7-18(15)16(19)12(2)14-9-17-10-14/h5-6,8,12,14,17H,3-4,7,9-10H2,1-2H3. The lowest BCUT2D eigenvalue weighted by atomic mass is 9.87. The van der Waals surface area contributed by atoms with E-state index in [0.29, 0.717) is 11.8 Å². The number of anilines is 1. The van der Waals surface area contributed by atoms with Crippen LogP contribution in [0, 0.1) is 18.8 Å². The fourth-order valence-corrected chi connectivity index (χ4v) is 3.07. The molecule has 1 amide bonds. The van der Waals surface area contributed by atoms with Gasteiger partial charge in [-0.25, -0.2) is 0 Å². The number of nitrogens with one attached hydrogen (secondary N) is 1. The first-order valence-corrected chi connectivity index (χ1v) is 7.28. The Balaban J connectivity index is 1.84. The summed E-state index contributed by atoms with van der Waals surface area (Å²) in [5.41, 5.74) is 3.75. The molecule has 0 spiro atoms. The average molecular weight is 258 g/mol. The monoisotopic (exact) mass is 258 g/mol. The van der Waals surface area contributed by atoms with E-state index >= 15 is 0 Å². The summed E-state index contributed by atoms with van der Waals surface area (Å²) in [6.45, 7) is 7.04. The number of carbonyl (C=O) groups is 1. The van der Waals surface area contributed by atoms with Gasteiger partial charge in [0.1, 0.15) is 0 Å². The molecule has 0 aromatic heterocycles. The summed E-state index contributed by atoms with van der Waals surface area (Å²) in [7, 11) is 0. The Bertz CT molecular complexity index is 494. The van der Waals surface area contributed by atoms with E-state index in [1.807, 2.05) is 4.90 Å². The molecule has 3 heteroatoms. The molecular formula is C16H22N2O. The molecule has 0 bridgehead atoms. The highest BCUT2D eigenvalue weighted by atomic mass is 16.2. The van der Waals surface area contributed by atoms with Crippen molar-refractivity contribution in [3.63, 3.8) is 0 Å². The van der Waals surface area contributed by atoms with Crippen LogP contribution in [0.25, 0.3) is 0 Å². The molecule has 1 saturated heterocycles. The third kappa shape index (κ3) is 2.27. The van der Waals surface area contributed by atoms with Gasteiger partial charge >= 0.3 is 0 Å². The van der Waals surface area contributed by atoms with Crippen molar-refractivity contribution in [2.24, 2.45) is 11.8 Å². The Morgan fingerprint density at radius 3 is 2.89 bits per heavy atom.